The second kappa shape index (κ2) is 5.58. The Kier molecular flexibility index (Phi) is 4.39. The molecule has 0 aromatic carbocycles. The van der Waals surface area contributed by atoms with Gasteiger partial charge < -0.3 is 16.2 Å². The first-order valence-corrected chi connectivity index (χ1v) is 5.53. The fraction of sp³-hybridized carbons (Fsp3) is 0.545. The molecule has 0 aliphatic carbocycles. The van der Waals surface area contributed by atoms with Gasteiger partial charge in [-0.1, -0.05) is 6.92 Å². The van der Waals surface area contributed by atoms with Gasteiger partial charge in [0.25, 0.3) is 5.91 Å². The number of carbonyl (C=O) groups excluding carboxylic acids is 1. The number of carbonyl (C=O) groups is 1. The summed E-state index contributed by atoms with van der Waals surface area (Å²) in [6, 6.07) is 3.17. The SMILES string of the molecule is CCC(C)(CCO)Nc1ccc(C(N)=O)nn1. The molecule has 0 bridgehead atoms. The van der Waals surface area contributed by atoms with Crippen LogP contribution in [0.3, 0.4) is 0 Å². The smallest absolute Gasteiger partial charge is 0.269 e. The van der Waals surface area contributed by atoms with Crippen LogP contribution in [0.2, 0.25) is 0 Å². The minimum absolute atomic E-state index is 0.101. The first-order chi connectivity index (χ1) is 8.00. The predicted molar refractivity (Wildman–Crippen MR) is 64.6 cm³/mol. The molecule has 0 spiro atoms. The number of aliphatic hydroxyl groups excluding tert-OH is 1. The molecule has 1 unspecified atom stereocenters. The summed E-state index contributed by atoms with van der Waals surface area (Å²) < 4.78 is 0. The van der Waals surface area contributed by atoms with E-state index in [1.807, 2.05) is 13.8 Å². The van der Waals surface area contributed by atoms with E-state index in [0.29, 0.717) is 12.2 Å². The highest BCUT2D eigenvalue weighted by Gasteiger charge is 2.21. The topological polar surface area (TPSA) is 101 Å². The Morgan fingerprint density at radius 1 is 1.53 bits per heavy atom. The number of nitrogens with two attached hydrogens (primary N) is 1. The summed E-state index contributed by atoms with van der Waals surface area (Å²) in [5.41, 5.74) is 4.97. The minimum atomic E-state index is -0.599. The van der Waals surface area contributed by atoms with Gasteiger partial charge in [0.2, 0.25) is 0 Å². The van der Waals surface area contributed by atoms with Gasteiger partial charge in [-0.15, -0.1) is 10.2 Å². The summed E-state index contributed by atoms with van der Waals surface area (Å²) in [4.78, 5) is 10.8. The van der Waals surface area contributed by atoms with Crippen LogP contribution in [0.15, 0.2) is 12.1 Å². The van der Waals surface area contributed by atoms with Gasteiger partial charge in [-0.25, -0.2) is 0 Å². The molecule has 1 aromatic heterocycles. The molecule has 0 aliphatic rings. The van der Waals surface area contributed by atoms with Crippen LogP contribution in [0, 0.1) is 0 Å². The average molecular weight is 238 g/mol. The molecule has 94 valence electrons. The largest absolute Gasteiger partial charge is 0.396 e. The second-order valence-electron chi connectivity index (χ2n) is 4.18. The summed E-state index contributed by atoms with van der Waals surface area (Å²) in [5.74, 6) is -0.0366. The fourth-order valence-electron chi connectivity index (χ4n) is 1.41. The molecule has 6 nitrogen and oxygen atoms in total. The molecule has 4 N–H and O–H groups in total. The lowest BCUT2D eigenvalue weighted by atomic mass is 9.95. The molecule has 0 aliphatic heterocycles. The van der Waals surface area contributed by atoms with Crippen molar-refractivity contribution in [1.82, 2.24) is 10.2 Å². The molecule has 0 saturated carbocycles. The van der Waals surface area contributed by atoms with Crippen LogP contribution in [0.5, 0.6) is 0 Å². The Balaban J connectivity index is 2.77. The van der Waals surface area contributed by atoms with Crippen LogP contribution in [-0.2, 0) is 0 Å². The molecule has 17 heavy (non-hydrogen) atoms. The molecule has 1 atom stereocenters. The Labute approximate surface area is 100 Å². The third kappa shape index (κ3) is 3.67. The van der Waals surface area contributed by atoms with Crippen molar-refractivity contribution in [3.8, 4) is 0 Å². The van der Waals surface area contributed by atoms with Gasteiger partial charge in [0.05, 0.1) is 0 Å². The quantitative estimate of drug-likeness (QED) is 0.671. The molecule has 1 aromatic rings. The number of amides is 1. The average Bonchev–Trinajstić information content (AvgIpc) is 2.30. The third-order valence-electron chi connectivity index (χ3n) is 2.79. The van der Waals surface area contributed by atoms with E-state index in [1.54, 1.807) is 6.07 Å². The van der Waals surface area contributed by atoms with Crippen LogP contribution in [0.25, 0.3) is 0 Å². The van der Waals surface area contributed by atoms with E-state index in [-0.39, 0.29) is 17.8 Å². The molecular formula is C11H18N4O2. The number of aliphatic hydroxyl groups is 1. The van der Waals surface area contributed by atoms with Crippen molar-refractivity contribution in [3.63, 3.8) is 0 Å². The maximum atomic E-state index is 10.8. The number of hydrogen-bond acceptors (Lipinski definition) is 5. The zero-order valence-corrected chi connectivity index (χ0v) is 10.1. The Morgan fingerprint density at radius 2 is 2.24 bits per heavy atom. The van der Waals surface area contributed by atoms with Crippen LogP contribution < -0.4 is 11.1 Å². The lowest BCUT2D eigenvalue weighted by Crippen LogP contribution is -2.35. The maximum Gasteiger partial charge on any atom is 0.269 e. The van der Waals surface area contributed by atoms with E-state index in [9.17, 15) is 4.79 Å². The van der Waals surface area contributed by atoms with E-state index < -0.39 is 5.91 Å². The van der Waals surface area contributed by atoms with Crippen molar-refractivity contribution in [2.45, 2.75) is 32.2 Å². The first kappa shape index (κ1) is 13.4. The van der Waals surface area contributed by atoms with Gasteiger partial charge in [0.1, 0.15) is 5.82 Å². The molecule has 6 heteroatoms. The highest BCUT2D eigenvalue weighted by molar-refractivity contribution is 5.90. The number of rotatable bonds is 6. The predicted octanol–water partition coefficient (Wildman–Crippen LogP) is 0.538. The van der Waals surface area contributed by atoms with Gasteiger partial charge in [-0.3, -0.25) is 4.79 Å². The fourth-order valence-corrected chi connectivity index (χ4v) is 1.41. The molecular weight excluding hydrogens is 220 g/mol. The molecule has 0 radical (unpaired) electrons. The van der Waals surface area contributed by atoms with Crippen LogP contribution in [-0.4, -0.2) is 33.4 Å². The number of anilines is 1. The number of aromatic nitrogens is 2. The number of hydrogen-bond donors (Lipinski definition) is 3. The minimum Gasteiger partial charge on any atom is -0.396 e. The van der Waals surface area contributed by atoms with E-state index in [2.05, 4.69) is 15.5 Å². The van der Waals surface area contributed by atoms with Gasteiger partial charge in [-0.05, 0) is 31.9 Å². The highest BCUT2D eigenvalue weighted by Crippen LogP contribution is 2.19. The lowest BCUT2D eigenvalue weighted by molar-refractivity contribution is 0.0994. The Bertz CT molecular complexity index is 380. The summed E-state index contributed by atoms with van der Waals surface area (Å²) in [5, 5.41) is 19.8. The number of nitrogens with zero attached hydrogens (tertiary/aromatic N) is 2. The second-order valence-corrected chi connectivity index (χ2v) is 4.18. The third-order valence-corrected chi connectivity index (χ3v) is 2.79. The van der Waals surface area contributed by atoms with Crippen molar-refractivity contribution in [2.24, 2.45) is 5.73 Å². The normalized spacial score (nSPS) is 14.1. The highest BCUT2D eigenvalue weighted by atomic mass is 16.3. The summed E-state index contributed by atoms with van der Waals surface area (Å²) >= 11 is 0. The van der Waals surface area contributed by atoms with Crippen molar-refractivity contribution in [2.75, 3.05) is 11.9 Å². The molecule has 0 fully saturated rings. The number of primary amides is 1. The monoisotopic (exact) mass is 238 g/mol. The first-order valence-electron chi connectivity index (χ1n) is 5.53. The van der Waals surface area contributed by atoms with E-state index in [0.717, 1.165) is 6.42 Å². The number of nitrogens with one attached hydrogen (secondary N) is 1. The van der Waals surface area contributed by atoms with E-state index >= 15 is 0 Å². The zero-order valence-electron chi connectivity index (χ0n) is 10.1. The molecule has 1 heterocycles. The molecule has 1 rings (SSSR count). The Morgan fingerprint density at radius 3 is 2.65 bits per heavy atom. The van der Waals surface area contributed by atoms with Crippen molar-refractivity contribution < 1.29 is 9.90 Å². The van der Waals surface area contributed by atoms with E-state index in [4.69, 9.17) is 10.8 Å². The van der Waals surface area contributed by atoms with Gasteiger partial charge in [-0.2, -0.15) is 0 Å². The van der Waals surface area contributed by atoms with Gasteiger partial charge >= 0.3 is 0 Å². The summed E-state index contributed by atoms with van der Waals surface area (Å²) in [7, 11) is 0. The molecule has 1 amide bonds. The summed E-state index contributed by atoms with van der Waals surface area (Å²) in [6.07, 6.45) is 1.45. The van der Waals surface area contributed by atoms with E-state index in [1.165, 1.54) is 6.07 Å². The van der Waals surface area contributed by atoms with Crippen LogP contribution in [0.1, 0.15) is 37.2 Å². The zero-order chi connectivity index (χ0) is 12.9. The van der Waals surface area contributed by atoms with Crippen molar-refractivity contribution in [1.29, 1.82) is 0 Å². The van der Waals surface area contributed by atoms with Gasteiger partial charge in [0.15, 0.2) is 5.69 Å². The lowest BCUT2D eigenvalue weighted by Gasteiger charge is -2.29. The maximum absolute atomic E-state index is 10.8. The van der Waals surface area contributed by atoms with Crippen LogP contribution in [0.4, 0.5) is 5.82 Å². The molecule has 0 saturated heterocycles. The van der Waals surface area contributed by atoms with Crippen molar-refractivity contribution >= 4 is 11.7 Å². The summed E-state index contributed by atoms with van der Waals surface area (Å²) in [6.45, 7) is 4.12. The van der Waals surface area contributed by atoms with Gasteiger partial charge in [0, 0.05) is 12.1 Å². The van der Waals surface area contributed by atoms with Crippen LogP contribution >= 0.6 is 0 Å². The van der Waals surface area contributed by atoms with Crippen molar-refractivity contribution in [3.05, 3.63) is 17.8 Å². The Hall–Kier alpha value is -1.69. The standard InChI is InChI=1S/C11H18N4O2/c1-3-11(2,6-7-16)13-9-5-4-8(10(12)17)14-15-9/h4-5,16H,3,6-7H2,1-2H3,(H2,12,17)(H,13,15).